The van der Waals surface area contributed by atoms with Gasteiger partial charge in [0.05, 0.1) is 5.75 Å². The van der Waals surface area contributed by atoms with Crippen LogP contribution in [0, 0.1) is 11.3 Å². The molecule has 0 radical (unpaired) electrons. The Hall–Kier alpha value is -1.42. The molecule has 0 saturated heterocycles. The van der Waals surface area contributed by atoms with Gasteiger partial charge in [-0.15, -0.1) is 0 Å². The zero-order valence-corrected chi connectivity index (χ0v) is 19.1. The van der Waals surface area contributed by atoms with Crippen LogP contribution in [-0.2, 0) is 9.59 Å². The van der Waals surface area contributed by atoms with E-state index in [0.717, 1.165) is 12.8 Å². The summed E-state index contributed by atoms with van der Waals surface area (Å²) in [6, 6.07) is -0.996. The first-order chi connectivity index (χ1) is 13.0. The van der Waals surface area contributed by atoms with Crippen LogP contribution in [0.5, 0.6) is 0 Å². The van der Waals surface area contributed by atoms with Crippen LogP contribution in [-0.4, -0.2) is 48.5 Å². The van der Waals surface area contributed by atoms with Gasteiger partial charge in [0.25, 0.3) is 0 Å². The molecular formula is C18H34N4O4S2. The second-order valence-electron chi connectivity index (χ2n) is 7.97. The lowest BCUT2D eigenvalue weighted by molar-refractivity contribution is -0.121. The Morgan fingerprint density at radius 2 is 1.43 bits per heavy atom. The van der Waals surface area contributed by atoms with E-state index in [1.54, 1.807) is 0 Å². The maximum atomic E-state index is 11.6. The topological polar surface area (TPSA) is 116 Å². The molecule has 0 aromatic heterocycles. The molecule has 4 N–H and O–H groups in total. The Bertz CT molecular complexity index is 522. The number of imide groups is 2. The average molecular weight is 435 g/mol. The lowest BCUT2D eigenvalue weighted by atomic mass is 9.92. The monoisotopic (exact) mass is 434 g/mol. The largest absolute Gasteiger partial charge is 0.338 e. The first-order valence-corrected chi connectivity index (χ1v) is 11.9. The second kappa shape index (κ2) is 14.6. The van der Waals surface area contributed by atoms with E-state index in [4.69, 9.17) is 0 Å². The molecule has 8 nitrogen and oxygen atoms in total. The van der Waals surface area contributed by atoms with Gasteiger partial charge in [-0.2, -0.15) is 0 Å². The number of carbonyl (C=O) groups is 4. The molecule has 0 aliphatic carbocycles. The summed E-state index contributed by atoms with van der Waals surface area (Å²) in [6.45, 7) is 10.9. The van der Waals surface area contributed by atoms with Crippen molar-refractivity contribution < 1.29 is 19.2 Å². The van der Waals surface area contributed by atoms with Gasteiger partial charge in [0.15, 0.2) is 0 Å². The summed E-state index contributed by atoms with van der Waals surface area (Å²) in [5, 5.41) is 9.80. The fraction of sp³-hybridized carbons (Fsp3) is 0.778. The predicted molar refractivity (Wildman–Crippen MR) is 116 cm³/mol. The Labute approximate surface area is 175 Å². The van der Waals surface area contributed by atoms with E-state index in [0.29, 0.717) is 24.8 Å². The molecule has 0 unspecified atom stereocenters. The van der Waals surface area contributed by atoms with Gasteiger partial charge in [-0.05, 0) is 24.2 Å². The highest BCUT2D eigenvalue weighted by Gasteiger charge is 2.17. The molecule has 0 fully saturated rings. The van der Waals surface area contributed by atoms with Gasteiger partial charge >= 0.3 is 12.1 Å². The first kappa shape index (κ1) is 26.6. The van der Waals surface area contributed by atoms with Crippen LogP contribution in [0.15, 0.2) is 0 Å². The van der Waals surface area contributed by atoms with Crippen LogP contribution in [0.3, 0.4) is 0 Å². The summed E-state index contributed by atoms with van der Waals surface area (Å²) in [5.41, 5.74) is -0.178. The van der Waals surface area contributed by atoms with Crippen molar-refractivity contribution in [1.29, 1.82) is 0 Å². The molecule has 162 valence electrons. The van der Waals surface area contributed by atoms with Gasteiger partial charge in [-0.3, -0.25) is 20.2 Å². The van der Waals surface area contributed by atoms with Crippen LogP contribution < -0.4 is 21.3 Å². The molecule has 0 aliphatic rings. The minimum absolute atomic E-state index is 0.139. The van der Waals surface area contributed by atoms with E-state index >= 15 is 0 Å². The lowest BCUT2D eigenvalue weighted by Crippen LogP contribution is -2.41. The summed E-state index contributed by atoms with van der Waals surface area (Å²) in [7, 11) is 2.70. The van der Waals surface area contributed by atoms with Crippen molar-refractivity contribution >= 4 is 45.5 Å². The van der Waals surface area contributed by atoms with Crippen molar-refractivity contribution in [1.82, 2.24) is 21.3 Å². The van der Waals surface area contributed by atoms with Crippen LogP contribution in [0.25, 0.3) is 0 Å². The van der Waals surface area contributed by atoms with E-state index in [2.05, 4.69) is 35.1 Å². The van der Waals surface area contributed by atoms with E-state index in [-0.39, 0.29) is 29.4 Å². The van der Waals surface area contributed by atoms with Crippen molar-refractivity contribution in [3.05, 3.63) is 0 Å². The lowest BCUT2D eigenvalue weighted by Gasteiger charge is -2.16. The molecule has 0 saturated carbocycles. The highest BCUT2D eigenvalue weighted by Crippen LogP contribution is 2.19. The maximum Gasteiger partial charge on any atom is 0.321 e. The zero-order chi connectivity index (χ0) is 21.6. The molecular weight excluding hydrogens is 400 g/mol. The predicted octanol–water partition coefficient (Wildman–Crippen LogP) is 2.89. The number of hydrogen-bond acceptors (Lipinski definition) is 6. The molecule has 0 atom stereocenters. The van der Waals surface area contributed by atoms with Crippen molar-refractivity contribution in [2.45, 2.75) is 53.9 Å². The normalized spacial score (nSPS) is 11.1. The highest BCUT2D eigenvalue weighted by atomic mass is 33.1. The van der Waals surface area contributed by atoms with Gasteiger partial charge in [0.2, 0.25) is 11.8 Å². The Morgan fingerprint density at radius 3 is 2.00 bits per heavy atom. The fourth-order valence-electron chi connectivity index (χ4n) is 1.98. The van der Waals surface area contributed by atoms with Crippen LogP contribution in [0.2, 0.25) is 0 Å². The summed E-state index contributed by atoms with van der Waals surface area (Å²) < 4.78 is 0. The third-order valence-corrected chi connectivity index (χ3v) is 5.46. The molecule has 0 spiro atoms. The fourth-order valence-corrected chi connectivity index (χ4v) is 3.72. The molecule has 6 amide bonds. The SMILES string of the molecule is CC(C)CCCNC(=O)NC(=O)CSSCCNC(=O)NC(=O)CC(C)(C)C. The number of nitrogens with one attached hydrogen (secondary N) is 4. The number of rotatable bonds is 11. The second-order valence-corrected chi connectivity index (χ2v) is 10.5. The Kier molecular flexibility index (Phi) is 13.8. The molecule has 0 bridgehead atoms. The van der Waals surface area contributed by atoms with E-state index in [1.165, 1.54) is 21.6 Å². The van der Waals surface area contributed by atoms with Gasteiger partial charge < -0.3 is 10.6 Å². The van der Waals surface area contributed by atoms with E-state index < -0.39 is 12.1 Å². The quantitative estimate of drug-likeness (QED) is 0.293. The standard InChI is InChI=1S/C18H34N4O4S2/c1-13(2)7-6-8-19-16(25)22-15(24)12-28-27-10-9-20-17(26)21-14(23)11-18(3,4)5/h13H,6-12H2,1-5H3,(H2,19,22,24,25)(H2,20,21,23,26). The number of hydrogen-bond donors (Lipinski definition) is 4. The van der Waals surface area contributed by atoms with Gasteiger partial charge in [0, 0.05) is 25.3 Å². The number of amides is 6. The van der Waals surface area contributed by atoms with Crippen LogP contribution in [0.1, 0.15) is 53.9 Å². The molecule has 0 heterocycles. The summed E-state index contributed by atoms with van der Waals surface area (Å²) >= 11 is 0. The smallest absolute Gasteiger partial charge is 0.321 e. The minimum Gasteiger partial charge on any atom is -0.338 e. The summed E-state index contributed by atoms with van der Waals surface area (Å²) in [6.07, 6.45) is 2.18. The molecule has 0 aliphatic heterocycles. The first-order valence-electron chi connectivity index (χ1n) is 9.39. The molecule has 28 heavy (non-hydrogen) atoms. The molecule has 0 rings (SSSR count). The molecule has 0 aromatic carbocycles. The summed E-state index contributed by atoms with van der Waals surface area (Å²) in [5.74, 6) is 0.619. The Morgan fingerprint density at radius 1 is 0.857 bits per heavy atom. The number of carbonyl (C=O) groups excluding carboxylic acids is 4. The van der Waals surface area contributed by atoms with Crippen molar-refractivity contribution in [3.63, 3.8) is 0 Å². The van der Waals surface area contributed by atoms with Crippen molar-refractivity contribution in [3.8, 4) is 0 Å². The maximum absolute atomic E-state index is 11.6. The highest BCUT2D eigenvalue weighted by molar-refractivity contribution is 8.76. The average Bonchev–Trinajstić information content (AvgIpc) is 2.52. The summed E-state index contributed by atoms with van der Waals surface area (Å²) in [4.78, 5) is 46.4. The number of urea groups is 2. The minimum atomic E-state index is -0.522. The van der Waals surface area contributed by atoms with E-state index in [1.807, 2.05) is 20.8 Å². The Balaban J connectivity index is 3.66. The van der Waals surface area contributed by atoms with Crippen molar-refractivity contribution in [2.75, 3.05) is 24.6 Å². The van der Waals surface area contributed by atoms with Crippen molar-refractivity contribution in [2.24, 2.45) is 11.3 Å². The zero-order valence-electron chi connectivity index (χ0n) is 17.5. The molecule has 10 heteroatoms. The van der Waals surface area contributed by atoms with Crippen LogP contribution in [0.4, 0.5) is 9.59 Å². The molecule has 0 aromatic rings. The van der Waals surface area contributed by atoms with Gasteiger partial charge in [0.1, 0.15) is 0 Å². The van der Waals surface area contributed by atoms with Gasteiger partial charge in [-0.25, -0.2) is 9.59 Å². The third-order valence-electron chi connectivity index (χ3n) is 3.18. The van der Waals surface area contributed by atoms with Gasteiger partial charge in [-0.1, -0.05) is 56.2 Å². The third kappa shape index (κ3) is 18.0. The van der Waals surface area contributed by atoms with Crippen LogP contribution >= 0.6 is 21.6 Å². The van der Waals surface area contributed by atoms with E-state index in [9.17, 15) is 19.2 Å².